The maximum Gasteiger partial charge on any atom is 0.228 e. The van der Waals surface area contributed by atoms with Crippen LogP contribution < -0.4 is 10.1 Å². The van der Waals surface area contributed by atoms with Gasteiger partial charge < -0.3 is 14.5 Å². The Morgan fingerprint density at radius 3 is 3.08 bits per heavy atom. The van der Waals surface area contributed by atoms with Gasteiger partial charge in [0.1, 0.15) is 11.5 Å². The highest BCUT2D eigenvalue weighted by molar-refractivity contribution is 5.86. The van der Waals surface area contributed by atoms with Gasteiger partial charge in [-0.15, -0.1) is 0 Å². The maximum atomic E-state index is 12.6. The summed E-state index contributed by atoms with van der Waals surface area (Å²) in [5.41, 5.74) is -0.365. The molecule has 0 bridgehead atoms. The highest BCUT2D eigenvalue weighted by Crippen LogP contribution is 2.42. The molecule has 0 unspecified atom stereocenters. The number of aromatic nitrogens is 1. The SMILES string of the molecule is Cc1ccc(CN2CC[C@@]3(C2)C(=O)NC[C@H]3COc2ccccn2)o1. The number of pyridine rings is 1. The van der Waals surface area contributed by atoms with Crippen molar-refractivity contribution in [2.75, 3.05) is 26.2 Å². The van der Waals surface area contributed by atoms with E-state index in [0.717, 1.165) is 37.6 Å². The lowest BCUT2D eigenvalue weighted by Crippen LogP contribution is -2.40. The normalized spacial score (nSPS) is 26.3. The van der Waals surface area contributed by atoms with Crippen LogP contribution in [0.1, 0.15) is 17.9 Å². The van der Waals surface area contributed by atoms with Crippen molar-refractivity contribution in [3.63, 3.8) is 0 Å². The number of nitrogens with one attached hydrogen (secondary N) is 1. The molecule has 2 aromatic heterocycles. The third kappa shape index (κ3) is 3.14. The summed E-state index contributed by atoms with van der Waals surface area (Å²) in [6, 6.07) is 9.60. The quantitative estimate of drug-likeness (QED) is 0.901. The number of amides is 1. The van der Waals surface area contributed by atoms with Crippen LogP contribution >= 0.6 is 0 Å². The summed E-state index contributed by atoms with van der Waals surface area (Å²) in [6.45, 7) is 5.51. The van der Waals surface area contributed by atoms with Crippen molar-refractivity contribution in [2.45, 2.75) is 19.9 Å². The first kappa shape index (κ1) is 16.1. The number of rotatable bonds is 5. The van der Waals surface area contributed by atoms with Crippen LogP contribution in [0.15, 0.2) is 40.9 Å². The second-order valence-electron chi connectivity index (χ2n) is 7.02. The molecule has 0 aliphatic carbocycles. The predicted octanol–water partition coefficient (Wildman–Crippen LogP) is 2.00. The van der Waals surface area contributed by atoms with Crippen molar-refractivity contribution >= 4 is 5.91 Å². The molecule has 1 spiro atoms. The zero-order valence-electron chi connectivity index (χ0n) is 14.4. The van der Waals surface area contributed by atoms with Gasteiger partial charge in [0.15, 0.2) is 0 Å². The molecule has 2 fully saturated rings. The Morgan fingerprint density at radius 2 is 2.32 bits per heavy atom. The van der Waals surface area contributed by atoms with E-state index < -0.39 is 0 Å². The summed E-state index contributed by atoms with van der Waals surface area (Å²) < 4.78 is 11.5. The monoisotopic (exact) mass is 341 g/mol. The van der Waals surface area contributed by atoms with E-state index in [9.17, 15) is 4.79 Å². The van der Waals surface area contributed by atoms with E-state index in [1.807, 2.05) is 37.3 Å². The molecule has 2 aliphatic heterocycles. The second-order valence-corrected chi connectivity index (χ2v) is 7.02. The van der Waals surface area contributed by atoms with E-state index in [-0.39, 0.29) is 17.2 Å². The average molecular weight is 341 g/mol. The number of furan rings is 1. The summed E-state index contributed by atoms with van der Waals surface area (Å²) in [5, 5.41) is 3.04. The molecule has 6 heteroatoms. The first-order valence-electron chi connectivity index (χ1n) is 8.75. The Labute approximate surface area is 147 Å². The maximum absolute atomic E-state index is 12.6. The lowest BCUT2D eigenvalue weighted by molar-refractivity contribution is -0.128. The average Bonchev–Trinajstić information content (AvgIpc) is 3.30. The van der Waals surface area contributed by atoms with Gasteiger partial charge in [-0.1, -0.05) is 6.07 Å². The van der Waals surface area contributed by atoms with Crippen molar-refractivity contribution in [3.8, 4) is 5.88 Å². The zero-order chi connectivity index (χ0) is 17.3. The van der Waals surface area contributed by atoms with Crippen molar-refractivity contribution < 1.29 is 13.9 Å². The van der Waals surface area contributed by atoms with E-state index in [2.05, 4.69) is 15.2 Å². The topological polar surface area (TPSA) is 67.6 Å². The summed E-state index contributed by atoms with van der Waals surface area (Å²) in [7, 11) is 0. The minimum atomic E-state index is -0.365. The van der Waals surface area contributed by atoms with Crippen LogP contribution in [-0.2, 0) is 11.3 Å². The number of ether oxygens (including phenoxy) is 1. The van der Waals surface area contributed by atoms with Gasteiger partial charge in [0.05, 0.1) is 18.6 Å². The van der Waals surface area contributed by atoms with Gasteiger partial charge in [0, 0.05) is 31.3 Å². The molecule has 132 valence electrons. The van der Waals surface area contributed by atoms with Crippen LogP contribution in [0.2, 0.25) is 0 Å². The molecule has 1 N–H and O–H groups in total. The molecule has 0 saturated carbocycles. The summed E-state index contributed by atoms with van der Waals surface area (Å²) >= 11 is 0. The summed E-state index contributed by atoms with van der Waals surface area (Å²) in [6.07, 6.45) is 2.57. The minimum Gasteiger partial charge on any atom is -0.477 e. The Kier molecular flexibility index (Phi) is 4.21. The van der Waals surface area contributed by atoms with Gasteiger partial charge in [0.25, 0.3) is 0 Å². The number of nitrogens with zero attached hydrogens (tertiary/aromatic N) is 2. The van der Waals surface area contributed by atoms with E-state index in [0.29, 0.717) is 19.0 Å². The molecule has 4 rings (SSSR count). The van der Waals surface area contributed by atoms with Crippen LogP contribution in [0.4, 0.5) is 0 Å². The number of carbonyl (C=O) groups is 1. The number of hydrogen-bond donors (Lipinski definition) is 1. The van der Waals surface area contributed by atoms with Crippen molar-refractivity contribution in [1.82, 2.24) is 15.2 Å². The Hall–Kier alpha value is -2.34. The van der Waals surface area contributed by atoms with Gasteiger partial charge >= 0.3 is 0 Å². The van der Waals surface area contributed by atoms with Gasteiger partial charge in [-0.3, -0.25) is 9.69 Å². The van der Waals surface area contributed by atoms with Crippen molar-refractivity contribution in [1.29, 1.82) is 0 Å². The minimum absolute atomic E-state index is 0.153. The molecule has 2 aliphatic rings. The molecular weight excluding hydrogens is 318 g/mol. The fourth-order valence-electron chi connectivity index (χ4n) is 3.97. The first-order valence-corrected chi connectivity index (χ1v) is 8.75. The third-order valence-corrected chi connectivity index (χ3v) is 5.37. The molecule has 2 atom stereocenters. The Balaban J connectivity index is 1.42. The third-order valence-electron chi connectivity index (χ3n) is 5.37. The van der Waals surface area contributed by atoms with E-state index in [1.54, 1.807) is 6.20 Å². The molecule has 2 saturated heterocycles. The largest absolute Gasteiger partial charge is 0.477 e. The van der Waals surface area contributed by atoms with Crippen LogP contribution in [0.3, 0.4) is 0 Å². The lowest BCUT2D eigenvalue weighted by Gasteiger charge is -2.28. The van der Waals surface area contributed by atoms with Gasteiger partial charge in [-0.25, -0.2) is 4.98 Å². The second kappa shape index (κ2) is 6.52. The molecule has 1 amide bonds. The van der Waals surface area contributed by atoms with Crippen LogP contribution in [0.5, 0.6) is 5.88 Å². The smallest absolute Gasteiger partial charge is 0.228 e. The zero-order valence-corrected chi connectivity index (χ0v) is 14.4. The fraction of sp³-hybridized carbons (Fsp3) is 0.474. The number of carbonyl (C=O) groups excluding carboxylic acids is 1. The molecular formula is C19H23N3O3. The number of hydrogen-bond acceptors (Lipinski definition) is 5. The Bertz CT molecular complexity index is 745. The first-order chi connectivity index (χ1) is 12.2. The summed E-state index contributed by atoms with van der Waals surface area (Å²) in [4.78, 5) is 19.1. The van der Waals surface area contributed by atoms with Crippen molar-refractivity contribution in [2.24, 2.45) is 11.3 Å². The molecule has 4 heterocycles. The summed E-state index contributed by atoms with van der Waals surface area (Å²) in [5.74, 6) is 2.79. The highest BCUT2D eigenvalue weighted by Gasteiger charge is 2.54. The van der Waals surface area contributed by atoms with Gasteiger partial charge in [-0.2, -0.15) is 0 Å². The molecule has 0 aromatic carbocycles. The predicted molar refractivity (Wildman–Crippen MR) is 92.0 cm³/mol. The standard InChI is InChI=1S/C19H23N3O3/c1-14-5-6-16(25-14)11-22-9-7-19(13-22)15(10-21-18(19)23)12-24-17-4-2-3-8-20-17/h2-6,8,15H,7,9-13H2,1H3,(H,21,23)/t15-,19-/m0/s1. The van der Waals surface area contributed by atoms with E-state index in [1.165, 1.54) is 0 Å². The molecule has 6 nitrogen and oxygen atoms in total. The van der Waals surface area contributed by atoms with Crippen LogP contribution in [-0.4, -0.2) is 42.0 Å². The fourth-order valence-corrected chi connectivity index (χ4v) is 3.97. The number of likely N-dealkylation sites (tertiary alicyclic amines) is 1. The van der Waals surface area contributed by atoms with Gasteiger partial charge in [0.2, 0.25) is 11.8 Å². The van der Waals surface area contributed by atoms with Crippen molar-refractivity contribution in [3.05, 3.63) is 48.0 Å². The Morgan fingerprint density at radius 1 is 1.40 bits per heavy atom. The highest BCUT2D eigenvalue weighted by atomic mass is 16.5. The van der Waals surface area contributed by atoms with Gasteiger partial charge in [-0.05, 0) is 38.1 Å². The molecule has 0 radical (unpaired) electrons. The lowest BCUT2D eigenvalue weighted by atomic mass is 9.77. The van der Waals surface area contributed by atoms with Crippen LogP contribution in [0.25, 0.3) is 0 Å². The van der Waals surface area contributed by atoms with E-state index >= 15 is 0 Å². The van der Waals surface area contributed by atoms with E-state index in [4.69, 9.17) is 9.15 Å². The van der Waals surface area contributed by atoms with Crippen LogP contribution in [0, 0.1) is 18.3 Å². The molecule has 2 aromatic rings. The number of aryl methyl sites for hydroxylation is 1. The molecule has 25 heavy (non-hydrogen) atoms.